The molecule has 0 radical (unpaired) electrons. The molecule has 3 amide bonds. The molecular weight excluding hydrogens is 388 g/mol. The molecule has 1 aromatic carbocycles. The third-order valence-corrected chi connectivity index (χ3v) is 4.86. The number of benzene rings is 1. The van der Waals surface area contributed by atoms with E-state index in [-0.39, 0.29) is 25.1 Å². The number of nitrogens with one attached hydrogen (secondary N) is 4. The number of esters is 1. The third-order valence-electron chi connectivity index (χ3n) is 4.86. The lowest BCUT2D eigenvalue weighted by Gasteiger charge is -2.29. The van der Waals surface area contributed by atoms with Gasteiger partial charge in [-0.1, -0.05) is 6.92 Å². The molecule has 0 bridgehead atoms. The van der Waals surface area contributed by atoms with Gasteiger partial charge in [0.05, 0.1) is 37.6 Å². The Hall–Kier alpha value is -3.07. The lowest BCUT2D eigenvalue weighted by Crippen LogP contribution is -3.13. The Balaban J connectivity index is 2.12. The van der Waals surface area contributed by atoms with Crippen molar-refractivity contribution in [2.75, 3.05) is 38.7 Å². The van der Waals surface area contributed by atoms with Crippen LogP contribution in [0, 0.1) is 0 Å². The number of rotatable bonds is 10. The van der Waals surface area contributed by atoms with Crippen molar-refractivity contribution < 1.29 is 28.8 Å². The molecule has 30 heavy (non-hydrogen) atoms. The fraction of sp³-hybridized carbons (Fsp3) is 0.476. The van der Waals surface area contributed by atoms with E-state index in [1.165, 1.54) is 0 Å². The first kappa shape index (κ1) is 23.2. The van der Waals surface area contributed by atoms with Crippen molar-refractivity contribution in [1.29, 1.82) is 0 Å². The number of amides is 3. The van der Waals surface area contributed by atoms with Crippen LogP contribution >= 0.6 is 0 Å². The summed E-state index contributed by atoms with van der Waals surface area (Å²) in [7, 11) is 1.58. The topological polar surface area (TPSA) is 110 Å². The Labute approximate surface area is 176 Å². The summed E-state index contributed by atoms with van der Waals surface area (Å²) in [5.74, 6) is 0.0898. The van der Waals surface area contributed by atoms with Gasteiger partial charge in [0.15, 0.2) is 6.54 Å². The second-order valence-electron chi connectivity index (χ2n) is 6.91. The summed E-state index contributed by atoms with van der Waals surface area (Å²) in [4.78, 5) is 38.0. The molecule has 0 fully saturated rings. The van der Waals surface area contributed by atoms with Crippen LogP contribution < -0.4 is 25.6 Å². The lowest BCUT2D eigenvalue weighted by molar-refractivity contribution is -0.885. The van der Waals surface area contributed by atoms with E-state index in [2.05, 4.69) is 16.0 Å². The number of hydrogen-bond acceptors (Lipinski definition) is 5. The molecule has 2 rings (SSSR count). The largest absolute Gasteiger partial charge is 0.497 e. The standard InChI is InChI=1S/C21H30N4O5/c1-5-16-19(20(27)30-7-3)17(24-21(28)23-16)12-25(6-2)13-18(26)22-14-8-10-15(29-4)11-9-14/h8-11,16H,5-7,12-13H2,1-4H3,(H,22,26)(H2,23,24,28)/p+1/t16-/m0/s1. The minimum Gasteiger partial charge on any atom is -0.497 e. The highest BCUT2D eigenvalue weighted by atomic mass is 16.5. The van der Waals surface area contributed by atoms with Crippen molar-refractivity contribution in [2.24, 2.45) is 0 Å². The number of methoxy groups -OCH3 is 1. The van der Waals surface area contributed by atoms with E-state index in [4.69, 9.17) is 9.47 Å². The summed E-state index contributed by atoms with van der Waals surface area (Å²) in [6.45, 7) is 6.96. The van der Waals surface area contributed by atoms with Crippen molar-refractivity contribution in [3.05, 3.63) is 35.5 Å². The van der Waals surface area contributed by atoms with E-state index in [0.717, 1.165) is 4.90 Å². The highest BCUT2D eigenvalue weighted by Crippen LogP contribution is 2.16. The van der Waals surface area contributed by atoms with Gasteiger partial charge in [0, 0.05) is 5.69 Å². The zero-order valence-electron chi connectivity index (χ0n) is 18.0. The highest BCUT2D eigenvalue weighted by molar-refractivity contribution is 5.95. The SMILES string of the molecule is CCOC(=O)C1=C(C[NH+](CC)CC(=O)Nc2ccc(OC)cc2)NC(=O)N[C@H]1CC. The predicted molar refractivity (Wildman–Crippen MR) is 112 cm³/mol. The molecular formula is C21H31N4O5+. The first-order chi connectivity index (χ1) is 14.4. The monoisotopic (exact) mass is 419 g/mol. The van der Waals surface area contributed by atoms with Crippen LogP contribution in [0.1, 0.15) is 27.2 Å². The van der Waals surface area contributed by atoms with Crippen LogP contribution in [0.3, 0.4) is 0 Å². The fourth-order valence-corrected chi connectivity index (χ4v) is 3.27. The van der Waals surface area contributed by atoms with Crippen LogP contribution in [0.2, 0.25) is 0 Å². The summed E-state index contributed by atoms with van der Waals surface area (Å²) >= 11 is 0. The van der Waals surface area contributed by atoms with Crippen molar-refractivity contribution in [2.45, 2.75) is 33.2 Å². The summed E-state index contributed by atoms with van der Waals surface area (Å²) in [6, 6.07) is 6.30. The van der Waals surface area contributed by atoms with E-state index in [9.17, 15) is 14.4 Å². The molecule has 1 unspecified atom stereocenters. The smallest absolute Gasteiger partial charge is 0.338 e. The van der Waals surface area contributed by atoms with Crippen LogP contribution in [0.15, 0.2) is 35.5 Å². The maximum absolute atomic E-state index is 12.5. The Morgan fingerprint density at radius 3 is 2.43 bits per heavy atom. The zero-order valence-corrected chi connectivity index (χ0v) is 18.0. The number of anilines is 1. The Kier molecular flexibility index (Phi) is 8.67. The molecule has 1 heterocycles. The normalized spacial score (nSPS) is 16.9. The number of ether oxygens (including phenoxy) is 2. The Morgan fingerprint density at radius 1 is 1.17 bits per heavy atom. The molecule has 9 nitrogen and oxygen atoms in total. The average molecular weight is 420 g/mol. The minimum absolute atomic E-state index is 0.164. The van der Waals surface area contributed by atoms with Crippen molar-refractivity contribution in [3.8, 4) is 5.75 Å². The van der Waals surface area contributed by atoms with Gasteiger partial charge in [0.25, 0.3) is 5.91 Å². The van der Waals surface area contributed by atoms with Gasteiger partial charge in [0.2, 0.25) is 0 Å². The van der Waals surface area contributed by atoms with Crippen LogP contribution in [-0.2, 0) is 14.3 Å². The van der Waals surface area contributed by atoms with E-state index in [1.54, 1.807) is 38.3 Å². The number of carbonyl (C=O) groups is 3. The second-order valence-corrected chi connectivity index (χ2v) is 6.91. The van der Waals surface area contributed by atoms with E-state index in [1.807, 2.05) is 13.8 Å². The summed E-state index contributed by atoms with van der Waals surface area (Å²) in [5.41, 5.74) is 1.59. The first-order valence-electron chi connectivity index (χ1n) is 10.2. The number of hydrogen-bond donors (Lipinski definition) is 4. The first-order valence-corrected chi connectivity index (χ1v) is 10.2. The average Bonchev–Trinajstić information content (AvgIpc) is 2.73. The van der Waals surface area contributed by atoms with Crippen LogP contribution in [-0.4, -0.2) is 57.3 Å². The molecule has 2 atom stereocenters. The van der Waals surface area contributed by atoms with Gasteiger partial charge in [-0.2, -0.15) is 0 Å². The maximum Gasteiger partial charge on any atom is 0.338 e. The molecule has 1 aliphatic heterocycles. The minimum atomic E-state index is -0.454. The van der Waals surface area contributed by atoms with Gasteiger partial charge in [-0.05, 0) is 44.5 Å². The van der Waals surface area contributed by atoms with Crippen molar-refractivity contribution >= 4 is 23.6 Å². The molecule has 4 N–H and O–H groups in total. The third kappa shape index (κ3) is 6.21. The molecule has 0 saturated heterocycles. The quantitative estimate of drug-likeness (QED) is 0.412. The molecule has 1 aromatic rings. The van der Waals surface area contributed by atoms with Crippen molar-refractivity contribution in [1.82, 2.24) is 10.6 Å². The molecule has 0 aromatic heterocycles. The lowest BCUT2D eigenvalue weighted by atomic mass is 10.00. The van der Waals surface area contributed by atoms with Crippen LogP contribution in [0.4, 0.5) is 10.5 Å². The molecule has 1 aliphatic rings. The van der Waals surface area contributed by atoms with E-state index >= 15 is 0 Å². The summed E-state index contributed by atoms with van der Waals surface area (Å²) < 4.78 is 10.3. The van der Waals surface area contributed by atoms with Gasteiger partial charge >= 0.3 is 12.0 Å². The molecule has 0 spiro atoms. The predicted octanol–water partition coefficient (Wildman–Crippen LogP) is 0.447. The van der Waals surface area contributed by atoms with E-state index < -0.39 is 12.0 Å². The molecule has 9 heteroatoms. The number of likely N-dealkylation sites (N-methyl/N-ethyl adjacent to an activating group) is 1. The summed E-state index contributed by atoms with van der Waals surface area (Å²) in [5, 5.41) is 8.34. The Bertz CT molecular complexity index is 791. The zero-order chi connectivity index (χ0) is 22.1. The van der Waals surface area contributed by atoms with Gasteiger partial charge in [0.1, 0.15) is 12.3 Å². The maximum atomic E-state index is 12.5. The van der Waals surface area contributed by atoms with Gasteiger partial charge in [-0.15, -0.1) is 0 Å². The van der Waals surface area contributed by atoms with E-state index in [0.29, 0.717) is 42.2 Å². The van der Waals surface area contributed by atoms with Crippen molar-refractivity contribution in [3.63, 3.8) is 0 Å². The number of urea groups is 1. The molecule has 0 aliphatic carbocycles. The van der Waals surface area contributed by atoms with Gasteiger partial charge in [-0.3, -0.25) is 4.79 Å². The van der Waals surface area contributed by atoms with Crippen LogP contribution in [0.5, 0.6) is 5.75 Å². The highest BCUT2D eigenvalue weighted by Gasteiger charge is 2.33. The molecule has 0 saturated carbocycles. The molecule has 164 valence electrons. The number of carbonyl (C=O) groups excluding carboxylic acids is 3. The summed E-state index contributed by atoms with van der Waals surface area (Å²) in [6.07, 6.45) is 0.560. The number of quaternary nitrogens is 1. The van der Waals surface area contributed by atoms with Gasteiger partial charge < -0.3 is 30.3 Å². The fourth-order valence-electron chi connectivity index (χ4n) is 3.27. The Morgan fingerprint density at radius 2 is 1.87 bits per heavy atom. The van der Waals surface area contributed by atoms with Gasteiger partial charge in [-0.25, -0.2) is 9.59 Å². The second kappa shape index (κ2) is 11.2. The van der Waals surface area contributed by atoms with Crippen LogP contribution in [0.25, 0.3) is 0 Å².